The van der Waals surface area contributed by atoms with Crippen LogP contribution in [0.25, 0.3) is 0 Å². The molecule has 0 aromatic heterocycles. The molecule has 0 spiro atoms. The third-order valence-corrected chi connectivity index (χ3v) is 12.0. The van der Waals surface area contributed by atoms with Gasteiger partial charge in [0.25, 0.3) is 0 Å². The van der Waals surface area contributed by atoms with E-state index in [-0.39, 0.29) is 35.7 Å². The molecule has 7 nitrogen and oxygen atoms in total. The van der Waals surface area contributed by atoms with E-state index in [1.54, 1.807) is 27.7 Å². The number of ether oxygens (including phenoxy) is 2. The van der Waals surface area contributed by atoms with Crippen molar-refractivity contribution in [3.05, 3.63) is 23.3 Å². The molecule has 2 saturated carbocycles. The number of hydrogen-bond donors (Lipinski definition) is 3. The predicted octanol–water partition coefficient (Wildman–Crippen LogP) is 6.32. The highest BCUT2D eigenvalue weighted by atomic mass is 16.6. The Morgan fingerprint density at radius 2 is 1.86 bits per heavy atom. The largest absolute Gasteiger partial charge is 0.481 e. The van der Waals surface area contributed by atoms with Crippen LogP contribution in [0.15, 0.2) is 23.3 Å². The number of aliphatic hydroxyl groups is 2. The predicted molar refractivity (Wildman–Crippen MR) is 163 cm³/mol. The zero-order chi connectivity index (χ0) is 31.4. The van der Waals surface area contributed by atoms with Crippen LogP contribution in [0, 0.1) is 45.8 Å². The van der Waals surface area contributed by atoms with Crippen molar-refractivity contribution < 1.29 is 34.4 Å². The van der Waals surface area contributed by atoms with Gasteiger partial charge in [0.05, 0.1) is 18.3 Å². The van der Waals surface area contributed by atoms with E-state index in [2.05, 4.69) is 46.8 Å². The molecule has 0 aromatic rings. The van der Waals surface area contributed by atoms with Crippen molar-refractivity contribution in [2.45, 2.75) is 131 Å². The molecule has 238 valence electrons. The standard InChI is InChI=1S/C35H56O7/c1-20(2)16-23-17-22(19-41-23)24-10-11-25-33(24,7)14-12-26-34(8,15-13-29(36)37)27(32(5,6)40)18-28(35(25,26)9)42-31(39)30(38)21(3)4/h11,16,21-24,26-28,30,38,40H,10,12-15,17-19H2,1-9H3,(H,36,37)/t22-,23-,24+,26-,27-,28-,30-,33+,34-,35+/m1/s1. The molecule has 0 bridgehead atoms. The van der Waals surface area contributed by atoms with Gasteiger partial charge in [-0.1, -0.05) is 57.9 Å². The van der Waals surface area contributed by atoms with Crippen molar-refractivity contribution in [1.82, 2.24) is 0 Å². The van der Waals surface area contributed by atoms with Crippen molar-refractivity contribution in [2.24, 2.45) is 45.8 Å². The first kappa shape index (κ1) is 33.2. The van der Waals surface area contributed by atoms with E-state index in [9.17, 15) is 24.9 Å². The molecule has 1 aliphatic heterocycles. The van der Waals surface area contributed by atoms with Gasteiger partial charge in [-0.3, -0.25) is 4.79 Å². The van der Waals surface area contributed by atoms with Crippen LogP contribution in [0.3, 0.4) is 0 Å². The van der Waals surface area contributed by atoms with E-state index in [1.807, 2.05) is 0 Å². The summed E-state index contributed by atoms with van der Waals surface area (Å²) in [6.07, 6.45) is 7.65. The van der Waals surface area contributed by atoms with Crippen LogP contribution in [0.4, 0.5) is 0 Å². The van der Waals surface area contributed by atoms with Gasteiger partial charge in [0.2, 0.25) is 0 Å². The van der Waals surface area contributed by atoms with E-state index in [1.165, 1.54) is 11.1 Å². The third-order valence-electron chi connectivity index (χ3n) is 12.0. The van der Waals surface area contributed by atoms with Crippen molar-refractivity contribution in [3.63, 3.8) is 0 Å². The highest BCUT2D eigenvalue weighted by Crippen LogP contribution is 2.72. The van der Waals surface area contributed by atoms with Crippen molar-refractivity contribution in [3.8, 4) is 0 Å². The van der Waals surface area contributed by atoms with E-state index in [0.29, 0.717) is 24.7 Å². The first-order valence-electron chi connectivity index (χ1n) is 16.2. The second-order valence-corrected chi connectivity index (χ2v) is 15.8. The maximum absolute atomic E-state index is 13.3. The first-order chi connectivity index (χ1) is 19.4. The van der Waals surface area contributed by atoms with Gasteiger partial charge < -0.3 is 24.8 Å². The van der Waals surface area contributed by atoms with E-state index in [0.717, 1.165) is 32.3 Å². The first-order valence-corrected chi connectivity index (χ1v) is 16.2. The Labute approximate surface area is 253 Å². The molecule has 4 aliphatic rings. The van der Waals surface area contributed by atoms with Gasteiger partial charge in [0.1, 0.15) is 6.10 Å². The zero-order valence-corrected chi connectivity index (χ0v) is 27.4. The molecule has 0 aromatic carbocycles. The quantitative estimate of drug-likeness (QED) is 0.213. The van der Waals surface area contributed by atoms with Crippen LogP contribution < -0.4 is 0 Å². The maximum Gasteiger partial charge on any atom is 0.335 e. The Morgan fingerprint density at radius 3 is 2.43 bits per heavy atom. The number of carboxylic acid groups (broad SMARTS) is 1. The lowest BCUT2D eigenvalue weighted by molar-refractivity contribution is -0.214. The second-order valence-electron chi connectivity index (χ2n) is 15.8. The molecule has 3 fully saturated rings. The number of fused-ring (bicyclic) bond motifs is 3. The Kier molecular flexibility index (Phi) is 9.22. The summed E-state index contributed by atoms with van der Waals surface area (Å²) in [5.41, 5.74) is 0.329. The Balaban J connectivity index is 1.77. The fourth-order valence-electron chi connectivity index (χ4n) is 10.0. The number of carbonyl (C=O) groups excluding carboxylic acids is 1. The number of hydrogen-bond acceptors (Lipinski definition) is 6. The van der Waals surface area contributed by atoms with Gasteiger partial charge in [-0.05, 0) is 107 Å². The summed E-state index contributed by atoms with van der Waals surface area (Å²) < 4.78 is 12.5. The van der Waals surface area contributed by atoms with Gasteiger partial charge in [-0.15, -0.1) is 0 Å². The highest BCUT2D eigenvalue weighted by Gasteiger charge is 2.68. The van der Waals surface area contributed by atoms with Gasteiger partial charge in [-0.25, -0.2) is 4.79 Å². The molecule has 0 unspecified atom stereocenters. The Bertz CT molecular complexity index is 1100. The average Bonchev–Trinajstić information content (AvgIpc) is 3.46. The normalized spacial score (nSPS) is 40.6. The monoisotopic (exact) mass is 588 g/mol. The summed E-state index contributed by atoms with van der Waals surface area (Å²) in [6.45, 7) is 18.9. The SMILES string of the molecule is CC(C)=C[C@@H]1C[C@@H]([C@@H]2CC=C3[C@@]4(C)[C@H](CC[C@]32C)[C@@](C)(CCC(=O)O)[C@@H](C(C)(C)O)C[C@H]4OC(=O)[C@H](O)C(C)C)CO1. The second kappa shape index (κ2) is 11.7. The summed E-state index contributed by atoms with van der Waals surface area (Å²) in [5, 5.41) is 31.9. The highest BCUT2D eigenvalue weighted by molar-refractivity contribution is 5.75. The lowest BCUT2D eigenvalue weighted by Gasteiger charge is -2.66. The van der Waals surface area contributed by atoms with E-state index >= 15 is 0 Å². The van der Waals surface area contributed by atoms with Crippen LogP contribution in [-0.4, -0.2) is 57.8 Å². The van der Waals surface area contributed by atoms with Crippen molar-refractivity contribution >= 4 is 11.9 Å². The minimum atomic E-state index is -1.23. The van der Waals surface area contributed by atoms with Crippen LogP contribution in [-0.2, 0) is 19.1 Å². The van der Waals surface area contributed by atoms with Crippen LogP contribution in [0.5, 0.6) is 0 Å². The van der Waals surface area contributed by atoms with Gasteiger partial charge in [0, 0.05) is 11.8 Å². The summed E-state index contributed by atoms with van der Waals surface area (Å²) in [6, 6.07) is 0. The minimum absolute atomic E-state index is 0.000145. The summed E-state index contributed by atoms with van der Waals surface area (Å²) in [4.78, 5) is 25.2. The fraction of sp³-hybridized carbons (Fsp3) is 0.829. The number of aliphatic hydroxyl groups excluding tert-OH is 1. The van der Waals surface area contributed by atoms with E-state index in [4.69, 9.17) is 9.47 Å². The molecule has 10 atom stereocenters. The van der Waals surface area contributed by atoms with Crippen LogP contribution in [0.1, 0.15) is 107 Å². The topological polar surface area (TPSA) is 113 Å². The maximum atomic E-state index is 13.3. The fourth-order valence-corrected chi connectivity index (χ4v) is 10.0. The van der Waals surface area contributed by atoms with Gasteiger partial charge >= 0.3 is 11.9 Å². The number of carboxylic acids is 1. The Hall–Kier alpha value is -1.70. The number of aliphatic carboxylic acids is 1. The number of carbonyl (C=O) groups is 2. The summed E-state index contributed by atoms with van der Waals surface area (Å²) >= 11 is 0. The van der Waals surface area contributed by atoms with Gasteiger partial charge in [-0.2, -0.15) is 0 Å². The molecule has 3 N–H and O–H groups in total. The van der Waals surface area contributed by atoms with Crippen LogP contribution in [0.2, 0.25) is 0 Å². The molecule has 1 saturated heterocycles. The van der Waals surface area contributed by atoms with Crippen molar-refractivity contribution in [1.29, 1.82) is 0 Å². The van der Waals surface area contributed by atoms with E-state index < -0.39 is 40.6 Å². The van der Waals surface area contributed by atoms with Crippen LogP contribution >= 0.6 is 0 Å². The molecule has 0 radical (unpaired) electrons. The Morgan fingerprint density at radius 1 is 1.19 bits per heavy atom. The summed E-state index contributed by atoms with van der Waals surface area (Å²) in [7, 11) is 0. The zero-order valence-electron chi connectivity index (χ0n) is 27.4. The lowest BCUT2D eigenvalue weighted by Crippen LogP contribution is -2.64. The molecule has 0 amide bonds. The number of rotatable bonds is 9. The number of allylic oxidation sites excluding steroid dienone is 2. The molecule has 42 heavy (non-hydrogen) atoms. The third kappa shape index (κ3) is 5.75. The number of esters is 1. The average molecular weight is 589 g/mol. The molecular formula is C35H56O7. The molecule has 3 aliphatic carbocycles. The summed E-state index contributed by atoms with van der Waals surface area (Å²) in [5.74, 6) is -1.18. The molecule has 7 heteroatoms. The minimum Gasteiger partial charge on any atom is -0.481 e. The van der Waals surface area contributed by atoms with Gasteiger partial charge in [0.15, 0.2) is 6.10 Å². The molecular weight excluding hydrogens is 532 g/mol. The van der Waals surface area contributed by atoms with Crippen molar-refractivity contribution in [2.75, 3.05) is 6.61 Å². The molecule has 1 heterocycles. The molecule has 4 rings (SSSR count). The smallest absolute Gasteiger partial charge is 0.335 e. The lowest BCUT2D eigenvalue weighted by atomic mass is 9.39.